The zero-order valence-corrected chi connectivity index (χ0v) is 18.8. The van der Waals surface area contributed by atoms with Crippen LogP contribution in [0.4, 0.5) is 5.69 Å². The molecule has 0 amide bonds. The zero-order valence-electron chi connectivity index (χ0n) is 18.8. The summed E-state index contributed by atoms with van der Waals surface area (Å²) < 4.78 is 0. The van der Waals surface area contributed by atoms with Crippen LogP contribution in [0.2, 0.25) is 0 Å². The van der Waals surface area contributed by atoms with Crippen LogP contribution in [0.5, 0.6) is 0 Å². The smallest absolute Gasteiger partial charge is 0.123 e. The Morgan fingerprint density at radius 2 is 1.85 bits per heavy atom. The van der Waals surface area contributed by atoms with Crippen LogP contribution in [0.3, 0.4) is 0 Å². The number of likely N-dealkylation sites (tertiary alicyclic amines) is 1. The van der Waals surface area contributed by atoms with Crippen LogP contribution in [0.15, 0.2) is 54.9 Å². The van der Waals surface area contributed by atoms with Crippen LogP contribution in [0.1, 0.15) is 36.5 Å². The molecule has 6 N–H and O–H groups in total. The van der Waals surface area contributed by atoms with Gasteiger partial charge in [0, 0.05) is 42.4 Å². The number of nitrogens with zero attached hydrogens (tertiary/aromatic N) is 2. The van der Waals surface area contributed by atoms with Crippen molar-refractivity contribution >= 4 is 39.2 Å². The van der Waals surface area contributed by atoms with Gasteiger partial charge in [-0.1, -0.05) is 36.4 Å². The number of imidazole rings is 1. The normalized spacial score (nSPS) is 14.6. The number of nitrogens with two attached hydrogens (primary N) is 1. The molecule has 0 radical (unpaired) electrons. The van der Waals surface area contributed by atoms with Crippen molar-refractivity contribution in [3.63, 3.8) is 0 Å². The quantitative estimate of drug-likeness (QED) is 0.233. The predicted octanol–water partition coefficient (Wildman–Crippen LogP) is 4.46. The van der Waals surface area contributed by atoms with Crippen molar-refractivity contribution < 1.29 is 0 Å². The van der Waals surface area contributed by atoms with Gasteiger partial charge in [-0.2, -0.15) is 0 Å². The third kappa shape index (κ3) is 4.02. The molecule has 0 unspecified atom stereocenters. The summed E-state index contributed by atoms with van der Waals surface area (Å²) >= 11 is 0. The summed E-state index contributed by atoms with van der Waals surface area (Å²) in [6, 6.07) is 16.8. The van der Waals surface area contributed by atoms with Gasteiger partial charge in [0.15, 0.2) is 0 Å². The molecule has 0 bridgehead atoms. The van der Waals surface area contributed by atoms with Crippen molar-refractivity contribution in [2.75, 3.05) is 18.4 Å². The van der Waals surface area contributed by atoms with Crippen molar-refractivity contribution in [2.45, 2.75) is 32.2 Å². The van der Waals surface area contributed by atoms with Crippen molar-refractivity contribution in [3.05, 3.63) is 71.5 Å². The average Bonchev–Trinajstić information content (AvgIpc) is 3.30. The standard InChI is InChI=1S/C26H29N7/c1-16(27)33-12-10-18(11-13-33)32-23-8-9-24-25(31-15-30-24)22(23)14-17-6-7-21(26(28)29)20-5-3-2-4-19(17)20/h2-9,15,18,27,32H,10-14H2,1H3,(H3,28,29)(H,30,31). The van der Waals surface area contributed by atoms with E-state index >= 15 is 0 Å². The van der Waals surface area contributed by atoms with Crippen molar-refractivity contribution in [1.82, 2.24) is 14.9 Å². The summed E-state index contributed by atoms with van der Waals surface area (Å²) in [6.07, 6.45) is 4.48. The highest BCUT2D eigenvalue weighted by molar-refractivity contribution is 6.08. The van der Waals surface area contributed by atoms with Gasteiger partial charge in [0.25, 0.3) is 0 Å². The number of aromatic amines is 1. The molecule has 0 aliphatic carbocycles. The van der Waals surface area contributed by atoms with E-state index in [9.17, 15) is 0 Å². The Balaban J connectivity index is 1.51. The molecule has 0 spiro atoms. The zero-order chi connectivity index (χ0) is 22.9. The summed E-state index contributed by atoms with van der Waals surface area (Å²) in [5, 5.41) is 21.7. The van der Waals surface area contributed by atoms with E-state index in [2.05, 4.69) is 44.5 Å². The summed E-state index contributed by atoms with van der Waals surface area (Å²) in [5.41, 5.74) is 12.1. The number of nitrogens with one attached hydrogen (secondary N) is 4. The number of aromatic nitrogens is 2. The predicted molar refractivity (Wildman–Crippen MR) is 135 cm³/mol. The molecule has 5 rings (SSSR count). The Morgan fingerprint density at radius 3 is 2.58 bits per heavy atom. The number of fused-ring (bicyclic) bond motifs is 2. The van der Waals surface area contributed by atoms with Gasteiger partial charge in [0.2, 0.25) is 0 Å². The number of nitrogen functional groups attached to an aromatic ring is 1. The highest BCUT2D eigenvalue weighted by Gasteiger charge is 2.21. The van der Waals surface area contributed by atoms with E-state index in [0.29, 0.717) is 11.9 Å². The number of anilines is 1. The minimum absolute atomic E-state index is 0.0843. The third-order valence-corrected chi connectivity index (χ3v) is 6.70. The molecule has 7 nitrogen and oxygen atoms in total. The first-order valence-electron chi connectivity index (χ1n) is 11.4. The van der Waals surface area contributed by atoms with Gasteiger partial charge in [-0.15, -0.1) is 0 Å². The lowest BCUT2D eigenvalue weighted by atomic mass is 9.93. The molecule has 1 saturated heterocycles. The molecule has 4 aromatic rings. The van der Waals surface area contributed by atoms with Gasteiger partial charge in [-0.05, 0) is 48.2 Å². The molecule has 3 aromatic carbocycles. The first-order valence-corrected chi connectivity index (χ1v) is 11.4. The van der Waals surface area contributed by atoms with Gasteiger partial charge in [0.05, 0.1) is 23.2 Å². The minimum atomic E-state index is 0.0843. The van der Waals surface area contributed by atoms with Gasteiger partial charge in [-0.25, -0.2) is 4.98 Å². The first-order chi connectivity index (χ1) is 16.0. The second-order valence-corrected chi connectivity index (χ2v) is 8.79. The Labute approximate surface area is 193 Å². The summed E-state index contributed by atoms with van der Waals surface area (Å²) in [5.74, 6) is 0.731. The number of amidine groups is 2. The van der Waals surface area contributed by atoms with E-state index in [-0.39, 0.29) is 5.84 Å². The highest BCUT2D eigenvalue weighted by atomic mass is 15.2. The minimum Gasteiger partial charge on any atom is -0.384 e. The van der Waals surface area contributed by atoms with Crippen LogP contribution in [0.25, 0.3) is 21.8 Å². The second kappa shape index (κ2) is 8.58. The SMILES string of the molecule is CC(=N)N1CCC(Nc2ccc3[nH]cnc3c2Cc2ccc(C(=N)N)c3ccccc23)CC1. The fourth-order valence-corrected chi connectivity index (χ4v) is 4.90. The van der Waals surface area contributed by atoms with E-state index in [1.807, 2.05) is 31.2 Å². The maximum Gasteiger partial charge on any atom is 0.123 e. The number of piperidine rings is 1. The fourth-order valence-electron chi connectivity index (χ4n) is 4.90. The topological polar surface area (TPSA) is 118 Å². The first kappa shape index (κ1) is 21.0. The molecule has 1 aliphatic rings. The maximum absolute atomic E-state index is 7.95. The van der Waals surface area contributed by atoms with Crippen molar-refractivity contribution in [2.24, 2.45) is 5.73 Å². The van der Waals surface area contributed by atoms with Crippen molar-refractivity contribution in [1.29, 1.82) is 10.8 Å². The molecule has 0 atom stereocenters. The molecule has 1 aliphatic heterocycles. The van der Waals surface area contributed by atoms with Crippen LogP contribution >= 0.6 is 0 Å². The monoisotopic (exact) mass is 439 g/mol. The lowest BCUT2D eigenvalue weighted by molar-refractivity contribution is 0.321. The van der Waals surface area contributed by atoms with E-state index in [0.717, 1.165) is 65.4 Å². The molecular formula is C26H29N7. The molecular weight excluding hydrogens is 410 g/mol. The van der Waals surface area contributed by atoms with E-state index in [1.165, 1.54) is 11.1 Å². The van der Waals surface area contributed by atoms with Crippen molar-refractivity contribution in [3.8, 4) is 0 Å². The van der Waals surface area contributed by atoms with Gasteiger partial charge in [0.1, 0.15) is 5.84 Å². The van der Waals surface area contributed by atoms with E-state index in [1.54, 1.807) is 6.33 Å². The second-order valence-electron chi connectivity index (χ2n) is 8.79. The van der Waals surface area contributed by atoms with Gasteiger partial charge < -0.3 is 20.9 Å². The molecule has 168 valence electrons. The molecule has 33 heavy (non-hydrogen) atoms. The third-order valence-electron chi connectivity index (χ3n) is 6.70. The Hall–Kier alpha value is -3.87. The summed E-state index contributed by atoms with van der Waals surface area (Å²) in [7, 11) is 0. The molecule has 0 saturated carbocycles. The maximum atomic E-state index is 7.95. The largest absolute Gasteiger partial charge is 0.384 e. The van der Waals surface area contributed by atoms with Crippen LogP contribution in [-0.4, -0.2) is 45.7 Å². The molecule has 2 heterocycles. The molecule has 1 fully saturated rings. The Bertz CT molecular complexity index is 1350. The number of hydrogen-bond acceptors (Lipinski definition) is 4. The highest BCUT2D eigenvalue weighted by Crippen LogP contribution is 2.31. The molecule has 1 aromatic heterocycles. The van der Waals surface area contributed by atoms with Gasteiger partial charge in [-0.3, -0.25) is 10.8 Å². The Kier molecular flexibility index (Phi) is 5.46. The van der Waals surface area contributed by atoms with Crippen LogP contribution in [0, 0.1) is 10.8 Å². The lowest BCUT2D eigenvalue weighted by Crippen LogP contribution is -2.41. The number of benzene rings is 3. The number of rotatable bonds is 5. The Morgan fingerprint density at radius 1 is 1.09 bits per heavy atom. The van der Waals surface area contributed by atoms with Gasteiger partial charge >= 0.3 is 0 Å². The summed E-state index contributed by atoms with van der Waals surface area (Å²) in [6.45, 7) is 3.67. The van der Waals surface area contributed by atoms with Crippen LogP contribution < -0.4 is 11.1 Å². The number of H-pyrrole nitrogens is 1. The average molecular weight is 440 g/mol. The van der Waals surface area contributed by atoms with E-state index in [4.69, 9.17) is 16.6 Å². The fraction of sp³-hybridized carbons (Fsp3) is 0.269. The molecule has 7 heteroatoms. The number of hydrogen-bond donors (Lipinski definition) is 5. The van der Waals surface area contributed by atoms with E-state index < -0.39 is 0 Å². The summed E-state index contributed by atoms with van der Waals surface area (Å²) in [4.78, 5) is 10.0. The van der Waals surface area contributed by atoms with Crippen LogP contribution in [-0.2, 0) is 6.42 Å². The lowest BCUT2D eigenvalue weighted by Gasteiger charge is -2.34.